The van der Waals surface area contributed by atoms with Gasteiger partial charge in [0.15, 0.2) is 15.7 Å². The molecule has 0 unspecified atom stereocenters. The van der Waals surface area contributed by atoms with Crippen molar-refractivity contribution in [3.63, 3.8) is 0 Å². The van der Waals surface area contributed by atoms with Crippen LogP contribution in [0.1, 0.15) is 37.4 Å². The van der Waals surface area contributed by atoms with Gasteiger partial charge in [-0.2, -0.15) is 5.10 Å². The summed E-state index contributed by atoms with van der Waals surface area (Å²) in [6, 6.07) is 5.71. The molecule has 3 aromatic rings. The summed E-state index contributed by atoms with van der Waals surface area (Å²) in [7, 11) is -3.19. The minimum Gasteiger partial charge on any atom is -0.361 e. The Morgan fingerprint density at radius 3 is 2.88 bits per heavy atom. The molecular weight excluding hydrogens is 350 g/mol. The smallest absolute Gasteiger partial charge is 0.178 e. The molecule has 136 valence electrons. The topological polar surface area (TPSA) is 101 Å². The predicted octanol–water partition coefficient (Wildman–Crippen LogP) is 2.88. The monoisotopic (exact) mass is 371 g/mol. The Labute approximate surface area is 152 Å². The van der Waals surface area contributed by atoms with Gasteiger partial charge in [0, 0.05) is 0 Å². The number of anilines is 1. The van der Waals surface area contributed by atoms with Gasteiger partial charge in [-0.1, -0.05) is 26.0 Å². The summed E-state index contributed by atoms with van der Waals surface area (Å²) in [5.74, 6) is 1.11. The van der Waals surface area contributed by atoms with Gasteiger partial charge in [-0.25, -0.2) is 18.4 Å². The minimum atomic E-state index is -3.19. The Kier molecular flexibility index (Phi) is 4.14. The van der Waals surface area contributed by atoms with Crippen molar-refractivity contribution >= 4 is 26.7 Å². The Bertz CT molecular complexity index is 1060. The molecule has 2 N–H and O–H groups in total. The molecule has 1 aliphatic rings. The van der Waals surface area contributed by atoms with E-state index in [1.807, 2.05) is 18.2 Å². The number of fused-ring (bicyclic) bond motifs is 2. The molecule has 0 bridgehead atoms. The molecule has 1 atom stereocenters. The number of aromatic nitrogens is 4. The second kappa shape index (κ2) is 6.35. The van der Waals surface area contributed by atoms with E-state index in [0.717, 1.165) is 28.6 Å². The number of nitrogens with one attached hydrogen (secondary N) is 2. The fourth-order valence-corrected chi connectivity index (χ4v) is 5.11. The van der Waals surface area contributed by atoms with Crippen molar-refractivity contribution in [3.05, 3.63) is 41.9 Å². The number of sulfone groups is 1. The lowest BCUT2D eigenvalue weighted by Gasteiger charge is -2.25. The summed E-state index contributed by atoms with van der Waals surface area (Å²) >= 11 is 0. The number of benzene rings is 1. The molecule has 0 saturated heterocycles. The number of H-pyrrole nitrogens is 1. The third-order valence-corrected chi connectivity index (χ3v) is 6.72. The molecule has 0 spiro atoms. The van der Waals surface area contributed by atoms with Crippen LogP contribution in [0.2, 0.25) is 0 Å². The van der Waals surface area contributed by atoms with Gasteiger partial charge in [-0.05, 0) is 36.0 Å². The van der Waals surface area contributed by atoms with Crippen LogP contribution in [-0.2, 0) is 16.3 Å². The van der Waals surface area contributed by atoms with Crippen LogP contribution < -0.4 is 5.32 Å². The van der Waals surface area contributed by atoms with E-state index in [1.54, 1.807) is 6.20 Å². The van der Waals surface area contributed by atoms with Gasteiger partial charge in [0.1, 0.15) is 17.4 Å². The molecule has 3 heterocycles. The first-order valence-corrected chi connectivity index (χ1v) is 10.4. The molecule has 1 aromatic carbocycles. The largest absolute Gasteiger partial charge is 0.361 e. The van der Waals surface area contributed by atoms with Crippen LogP contribution in [-0.4, -0.2) is 34.3 Å². The third-order valence-electron chi connectivity index (χ3n) is 4.84. The predicted molar refractivity (Wildman–Crippen MR) is 99.7 cm³/mol. The summed E-state index contributed by atoms with van der Waals surface area (Å²) in [6.07, 6.45) is 4.65. The Morgan fingerprint density at radius 1 is 1.23 bits per heavy atom. The number of hydrogen-bond donors (Lipinski definition) is 2. The van der Waals surface area contributed by atoms with Crippen LogP contribution >= 0.6 is 0 Å². The van der Waals surface area contributed by atoms with E-state index in [0.29, 0.717) is 17.1 Å². The highest BCUT2D eigenvalue weighted by Gasteiger charge is 2.26. The molecule has 0 radical (unpaired) electrons. The first-order chi connectivity index (χ1) is 12.5. The summed E-state index contributed by atoms with van der Waals surface area (Å²) in [5.41, 5.74) is 3.33. The van der Waals surface area contributed by atoms with Crippen molar-refractivity contribution < 1.29 is 8.42 Å². The zero-order chi connectivity index (χ0) is 18.3. The normalized spacial score (nSPS) is 17.2. The highest BCUT2D eigenvalue weighted by atomic mass is 32.2. The van der Waals surface area contributed by atoms with E-state index < -0.39 is 9.84 Å². The number of aromatic amines is 1. The number of hydrogen-bond acceptors (Lipinski definition) is 6. The fourth-order valence-electron chi connectivity index (χ4n) is 3.48. The van der Waals surface area contributed by atoms with Crippen molar-refractivity contribution in [2.75, 3.05) is 11.1 Å². The van der Waals surface area contributed by atoms with Crippen LogP contribution in [0.25, 0.3) is 11.0 Å². The van der Waals surface area contributed by atoms with E-state index in [4.69, 9.17) is 0 Å². The van der Waals surface area contributed by atoms with E-state index in [9.17, 15) is 8.42 Å². The van der Waals surface area contributed by atoms with E-state index in [2.05, 4.69) is 39.3 Å². The maximum absolute atomic E-state index is 12.5. The van der Waals surface area contributed by atoms with E-state index in [1.165, 1.54) is 6.33 Å². The fraction of sp³-hybridized carbons (Fsp3) is 0.389. The first kappa shape index (κ1) is 17.0. The van der Waals surface area contributed by atoms with Crippen molar-refractivity contribution in [2.24, 2.45) is 5.92 Å². The lowest BCUT2D eigenvalue weighted by Crippen LogP contribution is -2.21. The van der Waals surface area contributed by atoms with Crippen LogP contribution in [0.5, 0.6) is 0 Å². The standard InChI is InChI=1S/C18H21N5O2S/c1-11(2)16(22-18-17-14(9-21-23-17)19-10-20-18)13-6-5-12-4-3-7-26(24,25)15(12)8-13/h5-6,8-11,16H,3-4,7H2,1-2H3,(H,21,23)(H,19,20,22)/t16-/m0/s1. The molecule has 26 heavy (non-hydrogen) atoms. The summed E-state index contributed by atoms with van der Waals surface area (Å²) in [6.45, 7) is 4.19. The molecule has 0 amide bonds. The van der Waals surface area contributed by atoms with Gasteiger partial charge < -0.3 is 5.32 Å². The van der Waals surface area contributed by atoms with Gasteiger partial charge in [0.2, 0.25) is 0 Å². The summed E-state index contributed by atoms with van der Waals surface area (Å²) < 4.78 is 24.9. The number of aryl methyl sites for hydroxylation is 1. The second-order valence-corrected chi connectivity index (χ2v) is 9.09. The molecular formula is C18H21N5O2S. The highest BCUT2D eigenvalue weighted by molar-refractivity contribution is 7.91. The molecule has 4 rings (SSSR count). The third kappa shape index (κ3) is 2.94. The van der Waals surface area contributed by atoms with Crippen LogP contribution in [0.15, 0.2) is 35.6 Å². The molecule has 8 heteroatoms. The molecule has 0 fully saturated rings. The molecule has 0 saturated carbocycles. The molecule has 7 nitrogen and oxygen atoms in total. The zero-order valence-electron chi connectivity index (χ0n) is 14.7. The summed E-state index contributed by atoms with van der Waals surface area (Å²) in [4.78, 5) is 8.99. The number of rotatable bonds is 4. The van der Waals surface area contributed by atoms with Gasteiger partial charge in [-0.15, -0.1) is 0 Å². The average molecular weight is 371 g/mol. The van der Waals surface area contributed by atoms with Crippen molar-refractivity contribution in [1.29, 1.82) is 0 Å². The lowest BCUT2D eigenvalue weighted by molar-refractivity contribution is 0.542. The zero-order valence-corrected chi connectivity index (χ0v) is 15.5. The number of nitrogens with zero attached hydrogens (tertiary/aromatic N) is 3. The molecule has 0 aliphatic carbocycles. The SMILES string of the molecule is CC(C)[C@H](Nc1ncnc2cn[nH]c12)c1ccc2c(c1)S(=O)(=O)CCC2. The minimum absolute atomic E-state index is 0.0844. The lowest BCUT2D eigenvalue weighted by atomic mass is 9.94. The molecule has 1 aliphatic heterocycles. The Hall–Kier alpha value is -2.48. The Balaban J connectivity index is 1.75. The van der Waals surface area contributed by atoms with Crippen molar-refractivity contribution in [2.45, 2.75) is 37.6 Å². The van der Waals surface area contributed by atoms with Gasteiger partial charge >= 0.3 is 0 Å². The summed E-state index contributed by atoms with van der Waals surface area (Å²) in [5, 5.41) is 10.4. The molecule has 2 aromatic heterocycles. The quantitative estimate of drug-likeness (QED) is 0.731. The van der Waals surface area contributed by atoms with Gasteiger partial charge in [-0.3, -0.25) is 5.10 Å². The van der Waals surface area contributed by atoms with Crippen LogP contribution in [0.4, 0.5) is 5.82 Å². The highest BCUT2D eigenvalue weighted by Crippen LogP contribution is 2.32. The second-order valence-electron chi connectivity index (χ2n) is 7.01. The maximum atomic E-state index is 12.5. The van der Waals surface area contributed by atoms with Gasteiger partial charge in [0.05, 0.1) is 22.9 Å². The maximum Gasteiger partial charge on any atom is 0.178 e. The van der Waals surface area contributed by atoms with E-state index in [-0.39, 0.29) is 17.7 Å². The van der Waals surface area contributed by atoms with Crippen LogP contribution in [0.3, 0.4) is 0 Å². The van der Waals surface area contributed by atoms with E-state index >= 15 is 0 Å². The first-order valence-electron chi connectivity index (χ1n) is 8.72. The van der Waals surface area contributed by atoms with Gasteiger partial charge in [0.25, 0.3) is 0 Å². The van der Waals surface area contributed by atoms with Crippen molar-refractivity contribution in [3.8, 4) is 0 Å². The average Bonchev–Trinajstić information content (AvgIpc) is 3.08. The Morgan fingerprint density at radius 2 is 2.08 bits per heavy atom. The van der Waals surface area contributed by atoms with Crippen LogP contribution in [0, 0.1) is 5.92 Å². The van der Waals surface area contributed by atoms with Crippen molar-refractivity contribution in [1.82, 2.24) is 20.2 Å².